The second-order valence-electron chi connectivity index (χ2n) is 4.54. The molecule has 0 aliphatic heterocycles. The Kier molecular flexibility index (Phi) is 4.34. The lowest BCUT2D eigenvalue weighted by atomic mass is 10.2. The standard InChI is InChI=1S/C13H17N3O2S/c1-9(7-16-4-3-14-8-16)15-6-11-5-12(13(17)18)19-10(11)2/h3-5,8-9,15H,6-7H2,1-2H3,(H,17,18). The summed E-state index contributed by atoms with van der Waals surface area (Å²) in [6, 6.07) is 2.04. The van der Waals surface area contributed by atoms with E-state index in [1.807, 2.05) is 17.7 Å². The monoisotopic (exact) mass is 279 g/mol. The maximum atomic E-state index is 10.9. The molecule has 102 valence electrons. The number of carboxylic acids is 1. The van der Waals surface area contributed by atoms with Crippen LogP contribution in [-0.2, 0) is 13.1 Å². The number of hydrogen-bond acceptors (Lipinski definition) is 4. The van der Waals surface area contributed by atoms with Gasteiger partial charge in [0.15, 0.2) is 0 Å². The second-order valence-corrected chi connectivity index (χ2v) is 5.79. The van der Waals surface area contributed by atoms with Crippen molar-refractivity contribution in [3.8, 4) is 0 Å². The van der Waals surface area contributed by atoms with Gasteiger partial charge in [0.05, 0.1) is 6.33 Å². The van der Waals surface area contributed by atoms with E-state index in [0.717, 1.165) is 17.0 Å². The molecule has 6 heteroatoms. The minimum atomic E-state index is -0.856. The molecular weight excluding hydrogens is 262 g/mol. The Morgan fingerprint density at radius 3 is 3.00 bits per heavy atom. The molecule has 0 saturated heterocycles. The lowest BCUT2D eigenvalue weighted by molar-refractivity contribution is 0.0702. The average molecular weight is 279 g/mol. The van der Waals surface area contributed by atoms with E-state index < -0.39 is 5.97 Å². The summed E-state index contributed by atoms with van der Waals surface area (Å²) in [7, 11) is 0. The van der Waals surface area contributed by atoms with E-state index >= 15 is 0 Å². The summed E-state index contributed by atoms with van der Waals surface area (Å²) in [5.74, 6) is -0.856. The zero-order valence-electron chi connectivity index (χ0n) is 11.0. The minimum absolute atomic E-state index is 0.293. The molecule has 2 aromatic rings. The normalized spacial score (nSPS) is 12.5. The molecule has 0 fully saturated rings. The van der Waals surface area contributed by atoms with Crippen molar-refractivity contribution in [1.82, 2.24) is 14.9 Å². The lowest BCUT2D eigenvalue weighted by Gasteiger charge is -2.14. The van der Waals surface area contributed by atoms with Crippen LogP contribution in [0.25, 0.3) is 0 Å². The molecule has 0 aromatic carbocycles. The Morgan fingerprint density at radius 1 is 1.63 bits per heavy atom. The highest BCUT2D eigenvalue weighted by atomic mass is 32.1. The fourth-order valence-corrected chi connectivity index (χ4v) is 2.74. The van der Waals surface area contributed by atoms with Gasteiger partial charge in [-0.1, -0.05) is 0 Å². The molecule has 1 unspecified atom stereocenters. The first-order valence-electron chi connectivity index (χ1n) is 6.08. The Labute approximate surface area is 115 Å². The van der Waals surface area contributed by atoms with Gasteiger partial charge in [0.1, 0.15) is 4.88 Å². The number of nitrogens with one attached hydrogen (secondary N) is 1. The van der Waals surface area contributed by atoms with Crippen LogP contribution in [0.4, 0.5) is 0 Å². The van der Waals surface area contributed by atoms with Crippen LogP contribution in [0.3, 0.4) is 0 Å². The van der Waals surface area contributed by atoms with E-state index in [4.69, 9.17) is 5.11 Å². The van der Waals surface area contributed by atoms with Crippen LogP contribution in [0, 0.1) is 6.92 Å². The zero-order valence-corrected chi connectivity index (χ0v) is 11.8. The summed E-state index contributed by atoms with van der Waals surface area (Å²) in [5.41, 5.74) is 1.06. The first-order valence-corrected chi connectivity index (χ1v) is 6.89. The largest absolute Gasteiger partial charge is 0.477 e. The van der Waals surface area contributed by atoms with Gasteiger partial charge in [-0.15, -0.1) is 11.3 Å². The average Bonchev–Trinajstić information content (AvgIpc) is 2.96. The Bertz CT molecular complexity index is 548. The van der Waals surface area contributed by atoms with E-state index in [9.17, 15) is 4.79 Å². The number of thiophene rings is 1. The van der Waals surface area contributed by atoms with Crippen LogP contribution < -0.4 is 5.32 Å². The predicted molar refractivity (Wildman–Crippen MR) is 74.5 cm³/mol. The maximum absolute atomic E-state index is 10.9. The molecule has 19 heavy (non-hydrogen) atoms. The van der Waals surface area contributed by atoms with Crippen LogP contribution in [0.1, 0.15) is 27.0 Å². The summed E-state index contributed by atoms with van der Waals surface area (Å²) in [6.07, 6.45) is 5.47. The van der Waals surface area contributed by atoms with Gasteiger partial charge in [0.2, 0.25) is 0 Å². The Balaban J connectivity index is 1.89. The van der Waals surface area contributed by atoms with Gasteiger partial charge in [0, 0.05) is 36.4 Å². The van der Waals surface area contributed by atoms with Gasteiger partial charge in [-0.25, -0.2) is 9.78 Å². The van der Waals surface area contributed by atoms with Crippen molar-refractivity contribution < 1.29 is 9.90 Å². The van der Waals surface area contributed by atoms with Gasteiger partial charge in [0.25, 0.3) is 0 Å². The molecular formula is C13H17N3O2S. The number of aromatic nitrogens is 2. The van der Waals surface area contributed by atoms with Gasteiger partial charge < -0.3 is 15.0 Å². The number of rotatable bonds is 6. The van der Waals surface area contributed by atoms with Crippen LogP contribution in [0.2, 0.25) is 0 Å². The van der Waals surface area contributed by atoms with Crippen molar-refractivity contribution in [1.29, 1.82) is 0 Å². The van der Waals surface area contributed by atoms with Crippen LogP contribution in [0.5, 0.6) is 0 Å². The quantitative estimate of drug-likeness (QED) is 0.850. The fourth-order valence-electron chi connectivity index (χ4n) is 1.86. The van der Waals surface area contributed by atoms with Crippen molar-refractivity contribution in [2.75, 3.05) is 0 Å². The summed E-state index contributed by atoms with van der Waals surface area (Å²) < 4.78 is 2.01. The van der Waals surface area contributed by atoms with E-state index in [-0.39, 0.29) is 0 Å². The first kappa shape index (κ1) is 13.8. The van der Waals surface area contributed by atoms with Crippen molar-refractivity contribution >= 4 is 17.3 Å². The SMILES string of the molecule is Cc1sc(C(=O)O)cc1CNC(C)Cn1ccnc1. The van der Waals surface area contributed by atoms with E-state index in [1.165, 1.54) is 11.3 Å². The third-order valence-corrected chi connectivity index (χ3v) is 4.00. The maximum Gasteiger partial charge on any atom is 0.345 e. The zero-order chi connectivity index (χ0) is 13.8. The van der Waals surface area contributed by atoms with Crippen LogP contribution in [-0.4, -0.2) is 26.7 Å². The molecule has 2 N–H and O–H groups in total. The highest BCUT2D eigenvalue weighted by molar-refractivity contribution is 7.14. The number of aromatic carboxylic acids is 1. The van der Waals surface area contributed by atoms with Gasteiger partial charge in [-0.3, -0.25) is 0 Å². The van der Waals surface area contributed by atoms with Crippen molar-refractivity contribution in [2.45, 2.75) is 33.0 Å². The van der Waals surface area contributed by atoms with Gasteiger partial charge in [-0.2, -0.15) is 0 Å². The summed E-state index contributed by atoms with van der Waals surface area (Å²) in [6.45, 7) is 5.58. The van der Waals surface area contributed by atoms with Crippen LogP contribution in [0.15, 0.2) is 24.8 Å². The first-order chi connectivity index (χ1) is 9.06. The molecule has 0 saturated carbocycles. The summed E-state index contributed by atoms with van der Waals surface area (Å²) in [5, 5.41) is 12.3. The van der Waals surface area contributed by atoms with E-state index in [2.05, 4.69) is 17.2 Å². The van der Waals surface area contributed by atoms with Gasteiger partial charge >= 0.3 is 5.97 Å². The molecule has 1 atom stereocenters. The number of imidazole rings is 1. The second kappa shape index (κ2) is 5.99. The Morgan fingerprint density at radius 2 is 2.42 bits per heavy atom. The van der Waals surface area contributed by atoms with Crippen LogP contribution >= 0.6 is 11.3 Å². The lowest BCUT2D eigenvalue weighted by Crippen LogP contribution is -2.29. The highest BCUT2D eigenvalue weighted by Gasteiger charge is 2.11. The minimum Gasteiger partial charge on any atom is -0.477 e. The number of nitrogens with zero attached hydrogens (tertiary/aromatic N) is 2. The molecule has 5 nitrogen and oxygen atoms in total. The molecule has 0 amide bonds. The number of carboxylic acid groups (broad SMARTS) is 1. The third-order valence-electron chi connectivity index (χ3n) is 2.92. The fraction of sp³-hybridized carbons (Fsp3) is 0.385. The topological polar surface area (TPSA) is 67.2 Å². The molecule has 0 radical (unpaired) electrons. The highest BCUT2D eigenvalue weighted by Crippen LogP contribution is 2.21. The molecule has 0 spiro atoms. The molecule has 0 aliphatic rings. The number of hydrogen-bond donors (Lipinski definition) is 2. The smallest absolute Gasteiger partial charge is 0.345 e. The van der Waals surface area contributed by atoms with E-state index in [1.54, 1.807) is 18.6 Å². The van der Waals surface area contributed by atoms with Crippen molar-refractivity contribution in [3.63, 3.8) is 0 Å². The van der Waals surface area contributed by atoms with E-state index in [0.29, 0.717) is 17.5 Å². The summed E-state index contributed by atoms with van der Waals surface area (Å²) in [4.78, 5) is 16.4. The summed E-state index contributed by atoms with van der Waals surface area (Å²) >= 11 is 1.32. The Hall–Kier alpha value is -1.66. The number of aryl methyl sites for hydroxylation is 1. The molecule has 0 aliphatic carbocycles. The molecule has 2 heterocycles. The van der Waals surface area contributed by atoms with Gasteiger partial charge in [-0.05, 0) is 25.5 Å². The predicted octanol–water partition coefficient (Wildman–Crippen LogP) is 2.13. The molecule has 2 aromatic heterocycles. The van der Waals surface area contributed by atoms with Crippen molar-refractivity contribution in [2.24, 2.45) is 0 Å². The third kappa shape index (κ3) is 3.65. The van der Waals surface area contributed by atoms with Crippen molar-refractivity contribution in [3.05, 3.63) is 40.1 Å². The molecule has 0 bridgehead atoms. The molecule has 2 rings (SSSR count). The number of carbonyl (C=O) groups is 1.